The molecule has 11 N–H and O–H groups in total. The molecule has 272 valence electrons. The third kappa shape index (κ3) is 13.2. The average molecular weight is 791 g/mol. The van der Waals surface area contributed by atoms with Crippen molar-refractivity contribution in [1.82, 2.24) is 4.98 Å². The number of hydrogen-bond donors (Lipinski definition) is 10. The number of aromatic amines is 1. The van der Waals surface area contributed by atoms with Crippen molar-refractivity contribution < 1.29 is 53.0 Å². The molecule has 0 amide bonds. The van der Waals surface area contributed by atoms with Crippen molar-refractivity contribution in [2.45, 2.75) is 32.2 Å². The van der Waals surface area contributed by atoms with Crippen LogP contribution in [-0.4, -0.2) is 83.4 Å². The zero-order valence-electron chi connectivity index (χ0n) is 25.7. The lowest BCUT2D eigenvalue weighted by Gasteiger charge is -2.24. The van der Waals surface area contributed by atoms with E-state index in [2.05, 4.69) is 10.3 Å². The van der Waals surface area contributed by atoms with E-state index in [1.165, 1.54) is 18.2 Å². The molecule has 49 heavy (non-hydrogen) atoms. The number of anilines is 2. The van der Waals surface area contributed by atoms with Crippen LogP contribution in [-0.2, 0) is 18.5 Å². The van der Waals surface area contributed by atoms with Gasteiger partial charge in [-0.25, -0.2) is 0 Å². The summed E-state index contributed by atoms with van der Waals surface area (Å²) in [7, 11) is -12.8. The van der Waals surface area contributed by atoms with Gasteiger partial charge in [0.15, 0.2) is 0 Å². The Morgan fingerprint density at radius 3 is 2.14 bits per heavy atom. The Morgan fingerprint density at radius 2 is 1.61 bits per heavy atom. The summed E-state index contributed by atoms with van der Waals surface area (Å²) in [6.45, 7) is 3.03. The fourth-order valence-electron chi connectivity index (χ4n) is 4.45. The number of pyridine rings is 1. The fourth-order valence-corrected chi connectivity index (χ4v) is 6.70. The Labute approximate surface area is 287 Å². The summed E-state index contributed by atoms with van der Waals surface area (Å²) in [5.41, 5.74) is 4.61. The van der Waals surface area contributed by atoms with Crippen LogP contribution in [0.25, 0.3) is 10.9 Å². The van der Waals surface area contributed by atoms with Crippen LogP contribution in [0.3, 0.4) is 0 Å². The molecular formula is C26H35Cl2N4O14P3. The maximum absolute atomic E-state index is 11.5. The van der Waals surface area contributed by atoms with Crippen molar-refractivity contribution >= 4 is 79.5 Å². The second-order valence-electron chi connectivity index (χ2n) is 10.7. The van der Waals surface area contributed by atoms with E-state index in [0.717, 1.165) is 6.07 Å². The number of rotatable bonds is 10. The minimum absolute atomic E-state index is 0.0871. The third-order valence-electron chi connectivity index (χ3n) is 6.63. The van der Waals surface area contributed by atoms with Crippen LogP contribution < -0.4 is 37.7 Å². The van der Waals surface area contributed by atoms with Gasteiger partial charge in [-0.15, -0.1) is 0 Å². The second kappa shape index (κ2) is 17.5. The maximum atomic E-state index is 11.5. The van der Waals surface area contributed by atoms with Gasteiger partial charge in [0.05, 0.1) is 22.4 Å². The summed E-state index contributed by atoms with van der Waals surface area (Å²) < 4.78 is 32.6. The lowest BCUT2D eigenvalue weighted by Crippen LogP contribution is -2.42. The van der Waals surface area contributed by atoms with Crippen LogP contribution in [0.2, 0.25) is 10.0 Å². The molecule has 2 heterocycles. The van der Waals surface area contributed by atoms with Gasteiger partial charge in [-0.1, -0.05) is 48.2 Å². The number of allylic oxidation sites excluding steroid dienone is 1. The zero-order chi connectivity index (χ0) is 37.5. The highest BCUT2D eigenvalue weighted by Crippen LogP contribution is 2.38. The molecule has 23 heteroatoms. The number of benzene rings is 1. The van der Waals surface area contributed by atoms with Crippen molar-refractivity contribution in [1.29, 1.82) is 0 Å². The third-order valence-corrected chi connectivity index (χ3v) is 9.91. The number of aromatic nitrogens is 1. The monoisotopic (exact) mass is 790 g/mol. The summed E-state index contributed by atoms with van der Waals surface area (Å²) >= 11 is 11.5. The number of aliphatic carboxylic acids is 1. The molecule has 0 bridgehead atoms. The predicted octanol–water partition coefficient (Wildman–Crippen LogP) is 1.02. The lowest BCUT2D eigenvalue weighted by molar-refractivity contribution is -0.137. The molecule has 0 saturated heterocycles. The second-order valence-corrected chi connectivity index (χ2v) is 16.5. The highest BCUT2D eigenvalue weighted by molar-refractivity contribution is 7.60. The van der Waals surface area contributed by atoms with E-state index in [1.807, 2.05) is 6.92 Å². The topological polar surface area (TPSA) is 318 Å². The molecule has 1 atom stereocenters. The molecular weight excluding hydrogens is 756 g/mol. The summed E-state index contributed by atoms with van der Waals surface area (Å²) in [6.07, 6.45) is 2.29. The Hall–Kier alpha value is -2.69. The van der Waals surface area contributed by atoms with Gasteiger partial charge in [0.1, 0.15) is 22.7 Å². The van der Waals surface area contributed by atoms with Gasteiger partial charge in [-0.2, -0.15) is 0 Å². The van der Waals surface area contributed by atoms with Crippen LogP contribution in [0.1, 0.15) is 26.2 Å². The molecule has 0 spiro atoms. The molecule has 2 aromatic carbocycles. The first-order valence-corrected chi connectivity index (χ1v) is 20.1. The van der Waals surface area contributed by atoms with Crippen molar-refractivity contribution in [3.05, 3.63) is 70.7 Å². The Bertz CT molecular complexity index is 1980. The first-order chi connectivity index (χ1) is 22.4. The summed E-state index contributed by atoms with van der Waals surface area (Å²) in [6, 6.07) is 2.74. The molecule has 1 aliphatic rings. The zero-order valence-corrected chi connectivity index (χ0v) is 29.8. The first kappa shape index (κ1) is 42.5. The van der Waals surface area contributed by atoms with Gasteiger partial charge in [0, 0.05) is 30.5 Å². The first-order valence-electron chi connectivity index (χ1n) is 14.1. The van der Waals surface area contributed by atoms with Crippen molar-refractivity contribution in [2.75, 3.05) is 42.2 Å². The van der Waals surface area contributed by atoms with Gasteiger partial charge >= 0.3 is 28.8 Å². The lowest BCUT2D eigenvalue weighted by atomic mass is 10.1. The number of carboxylic acid groups (broad SMARTS) is 1. The number of carbonyl (C=O) groups is 1. The van der Waals surface area contributed by atoms with E-state index in [9.17, 15) is 32.9 Å². The largest absolute Gasteiger partial charge is 0.480 e. The highest BCUT2D eigenvalue weighted by atomic mass is 35.5. The van der Waals surface area contributed by atoms with E-state index in [4.69, 9.17) is 63.4 Å². The van der Waals surface area contributed by atoms with Gasteiger partial charge < -0.3 is 55.4 Å². The molecule has 4 rings (SSSR count). The summed E-state index contributed by atoms with van der Waals surface area (Å²) in [4.78, 5) is 102. The molecule has 18 nitrogen and oxygen atoms in total. The maximum Gasteiger partial charge on any atom is 0.361 e. The number of carboxylic acids is 1. The van der Waals surface area contributed by atoms with E-state index >= 15 is 0 Å². The van der Waals surface area contributed by atoms with Gasteiger partial charge in [-0.05, 0) is 31.0 Å². The normalized spacial score (nSPS) is 14.5. The van der Waals surface area contributed by atoms with Crippen LogP contribution in [0, 0.1) is 0 Å². The van der Waals surface area contributed by atoms with Crippen LogP contribution in [0.15, 0.2) is 44.2 Å². The number of nitrogens with one attached hydrogen (secondary N) is 2. The van der Waals surface area contributed by atoms with Crippen LogP contribution in [0.4, 0.5) is 11.4 Å². The molecule has 0 saturated carbocycles. The SMILES string of the molecule is CCC/C(=C\C(N)C(=O)O)CP(=O)(O)O.O=c1[nH]c2cc(Cl)c(Cl)cc2cc1P(=O)(O)O.O=c1c2c(c1=O)N(CCP(=O)(O)O)CCCN2. The molecule has 1 aromatic heterocycles. The predicted molar refractivity (Wildman–Crippen MR) is 185 cm³/mol. The molecule has 1 aliphatic heterocycles. The molecule has 3 aromatic rings. The fraction of sp³-hybridized carbons (Fsp3) is 0.385. The molecule has 0 aliphatic carbocycles. The Morgan fingerprint density at radius 1 is 1.00 bits per heavy atom. The Kier molecular flexibility index (Phi) is 15.2. The number of H-pyrrole nitrogens is 1. The molecule has 1 unspecified atom stereocenters. The van der Waals surface area contributed by atoms with Crippen LogP contribution >= 0.6 is 46.0 Å². The number of nitrogens with zero attached hydrogens (tertiary/aromatic N) is 1. The molecule has 0 radical (unpaired) electrons. The van der Waals surface area contributed by atoms with Crippen molar-refractivity contribution in [3.8, 4) is 0 Å². The number of halogens is 2. The minimum Gasteiger partial charge on any atom is -0.480 e. The molecule has 0 fully saturated rings. The minimum atomic E-state index is -4.61. The van der Waals surface area contributed by atoms with Crippen molar-refractivity contribution in [3.63, 3.8) is 0 Å². The highest BCUT2D eigenvalue weighted by Gasteiger charge is 2.29. The van der Waals surface area contributed by atoms with Gasteiger partial charge in [0.25, 0.3) is 16.4 Å². The average Bonchev–Trinajstić information content (AvgIpc) is 3.15. The summed E-state index contributed by atoms with van der Waals surface area (Å²) in [5, 5.41) is 11.7. The number of fused-ring (bicyclic) bond motifs is 2. The van der Waals surface area contributed by atoms with Gasteiger partial charge in [0.2, 0.25) is 0 Å². The standard InChI is InChI=1S/C9H6Cl2NO4P.C9H13N2O5P.C8H16NO5P/c10-5-1-4-2-8(17(14,15)16)9(13)12-7(4)3-6(5)11;12-8-6-7(9(8)13)11(3-1-2-10-6)4-5-17(14,15)16;1-2-3-6(5-15(12,13)14)4-7(9)8(10)11/h1-3H,(H,12,13)(H2,14,15,16);10H,1-5H2,(H2,14,15,16);4,7H,2-3,5,9H2,1H3,(H,10,11)(H2,12,13,14)/b;;6-4+. The van der Waals surface area contributed by atoms with E-state index in [0.29, 0.717) is 54.5 Å². The number of nitrogens with two attached hydrogens (primary N) is 1. The smallest absolute Gasteiger partial charge is 0.361 e. The number of hydrogen-bond acceptors (Lipinski definition) is 10. The Balaban J connectivity index is 0.000000256. The van der Waals surface area contributed by atoms with E-state index < -0.39 is 62.7 Å². The quantitative estimate of drug-likeness (QED) is 0.0778. The van der Waals surface area contributed by atoms with E-state index in [1.54, 1.807) is 4.90 Å². The summed E-state index contributed by atoms with van der Waals surface area (Å²) in [5.74, 6) is -1.21. The van der Waals surface area contributed by atoms with Gasteiger partial charge in [-0.3, -0.25) is 32.9 Å². The van der Waals surface area contributed by atoms with E-state index in [-0.39, 0.29) is 28.4 Å². The van der Waals surface area contributed by atoms with Crippen LogP contribution in [0.5, 0.6) is 0 Å². The van der Waals surface area contributed by atoms with Crippen molar-refractivity contribution in [2.24, 2.45) is 5.73 Å².